The predicted octanol–water partition coefficient (Wildman–Crippen LogP) is 2.13. The van der Waals surface area contributed by atoms with Crippen LogP contribution in [0, 0.1) is 5.92 Å². The van der Waals surface area contributed by atoms with Crippen molar-refractivity contribution in [2.75, 3.05) is 27.0 Å². The van der Waals surface area contributed by atoms with Crippen LogP contribution < -0.4 is 19.5 Å². The van der Waals surface area contributed by atoms with E-state index in [-0.39, 0.29) is 30.9 Å². The average Bonchev–Trinajstić information content (AvgIpc) is 3.36. The molecule has 2 heterocycles. The van der Waals surface area contributed by atoms with Crippen LogP contribution in [-0.2, 0) is 22.6 Å². The number of carbonyl (C=O) groups is 2. The van der Waals surface area contributed by atoms with E-state index in [9.17, 15) is 9.59 Å². The lowest BCUT2D eigenvalue weighted by molar-refractivity contribution is -0.129. The van der Waals surface area contributed by atoms with Gasteiger partial charge in [-0.1, -0.05) is 18.2 Å². The van der Waals surface area contributed by atoms with Crippen molar-refractivity contribution < 1.29 is 23.8 Å². The smallest absolute Gasteiger partial charge is 0.231 e. The molecule has 152 valence electrons. The Morgan fingerprint density at radius 3 is 2.90 bits per heavy atom. The van der Waals surface area contributed by atoms with Gasteiger partial charge >= 0.3 is 0 Å². The quantitative estimate of drug-likeness (QED) is 0.776. The Kier molecular flexibility index (Phi) is 5.55. The Balaban J connectivity index is 1.27. The maximum Gasteiger partial charge on any atom is 0.231 e. The number of methoxy groups -OCH3 is 1. The van der Waals surface area contributed by atoms with Crippen LogP contribution in [0.4, 0.5) is 0 Å². The highest BCUT2D eigenvalue weighted by atomic mass is 16.7. The zero-order chi connectivity index (χ0) is 20.2. The highest BCUT2D eigenvalue weighted by Gasteiger charge is 2.33. The van der Waals surface area contributed by atoms with E-state index < -0.39 is 0 Å². The van der Waals surface area contributed by atoms with Gasteiger partial charge in [0.05, 0.1) is 13.0 Å². The third-order valence-electron chi connectivity index (χ3n) is 5.29. The fourth-order valence-electron chi connectivity index (χ4n) is 3.64. The summed E-state index contributed by atoms with van der Waals surface area (Å²) in [4.78, 5) is 26.6. The molecule has 1 atom stereocenters. The third kappa shape index (κ3) is 4.45. The second kappa shape index (κ2) is 8.43. The van der Waals surface area contributed by atoms with E-state index in [1.54, 1.807) is 12.0 Å². The lowest BCUT2D eigenvalue weighted by Gasteiger charge is -2.17. The molecule has 0 aliphatic carbocycles. The second-order valence-electron chi connectivity index (χ2n) is 7.25. The topological polar surface area (TPSA) is 77.1 Å². The third-order valence-corrected chi connectivity index (χ3v) is 5.29. The van der Waals surface area contributed by atoms with Gasteiger partial charge < -0.3 is 24.4 Å². The zero-order valence-electron chi connectivity index (χ0n) is 16.3. The van der Waals surface area contributed by atoms with Gasteiger partial charge in [-0.15, -0.1) is 0 Å². The molecule has 0 bridgehead atoms. The first-order valence-electron chi connectivity index (χ1n) is 9.69. The molecular formula is C22H24N2O5. The van der Waals surface area contributed by atoms with Crippen LogP contribution in [0.15, 0.2) is 42.5 Å². The van der Waals surface area contributed by atoms with Gasteiger partial charge in [0.2, 0.25) is 18.6 Å². The Bertz CT molecular complexity index is 914. The van der Waals surface area contributed by atoms with E-state index in [2.05, 4.69) is 5.32 Å². The molecule has 0 spiro atoms. The molecule has 0 radical (unpaired) electrons. The maximum absolute atomic E-state index is 12.5. The molecule has 2 amide bonds. The van der Waals surface area contributed by atoms with E-state index in [0.29, 0.717) is 31.1 Å². The van der Waals surface area contributed by atoms with Crippen LogP contribution in [0.25, 0.3) is 0 Å². The van der Waals surface area contributed by atoms with Crippen LogP contribution in [0.1, 0.15) is 17.5 Å². The molecule has 29 heavy (non-hydrogen) atoms. The monoisotopic (exact) mass is 396 g/mol. The normalized spacial score (nSPS) is 17.5. The number of hydrogen-bond donors (Lipinski definition) is 1. The summed E-state index contributed by atoms with van der Waals surface area (Å²) < 4.78 is 15.9. The van der Waals surface area contributed by atoms with Gasteiger partial charge in [0, 0.05) is 26.1 Å². The fraction of sp³-hybridized carbons (Fsp3) is 0.364. The molecule has 7 nitrogen and oxygen atoms in total. The van der Waals surface area contributed by atoms with E-state index in [0.717, 1.165) is 23.3 Å². The molecule has 2 aromatic carbocycles. The van der Waals surface area contributed by atoms with E-state index >= 15 is 0 Å². The number of amides is 2. The lowest BCUT2D eigenvalue weighted by atomic mass is 10.1. The first-order chi connectivity index (χ1) is 14.1. The van der Waals surface area contributed by atoms with Crippen molar-refractivity contribution >= 4 is 11.8 Å². The van der Waals surface area contributed by atoms with Gasteiger partial charge in [-0.25, -0.2) is 0 Å². The molecule has 2 aliphatic rings. The van der Waals surface area contributed by atoms with Crippen LogP contribution in [0.2, 0.25) is 0 Å². The second-order valence-corrected chi connectivity index (χ2v) is 7.25. The van der Waals surface area contributed by atoms with Crippen LogP contribution in [0.5, 0.6) is 17.2 Å². The Hall–Kier alpha value is -3.22. The number of benzene rings is 2. The van der Waals surface area contributed by atoms with Crippen molar-refractivity contribution in [3.8, 4) is 17.2 Å². The number of hydrogen-bond acceptors (Lipinski definition) is 5. The van der Waals surface area contributed by atoms with Crippen molar-refractivity contribution in [2.45, 2.75) is 19.4 Å². The number of rotatable bonds is 7. The zero-order valence-corrected chi connectivity index (χ0v) is 16.3. The Morgan fingerprint density at radius 2 is 2.03 bits per heavy atom. The highest BCUT2D eigenvalue weighted by Crippen LogP contribution is 2.32. The molecule has 1 unspecified atom stereocenters. The Labute approximate surface area is 169 Å². The van der Waals surface area contributed by atoms with Crippen LogP contribution in [-0.4, -0.2) is 43.7 Å². The minimum Gasteiger partial charge on any atom is -0.497 e. The van der Waals surface area contributed by atoms with Gasteiger partial charge in [-0.05, 0) is 41.8 Å². The standard InChI is InChI=1S/C22H24N2O5/c1-27-18-4-2-3-15(9-18)7-8-24-13-17(11-21(24)25)22(26)23-12-16-5-6-19-20(10-16)29-14-28-19/h2-6,9-10,17H,7-8,11-14H2,1H3,(H,23,26). The summed E-state index contributed by atoms with van der Waals surface area (Å²) in [5, 5.41) is 2.93. The van der Waals surface area contributed by atoms with Crippen LogP contribution >= 0.6 is 0 Å². The minimum absolute atomic E-state index is 0.0242. The molecular weight excluding hydrogens is 372 g/mol. The molecule has 7 heteroatoms. The highest BCUT2D eigenvalue weighted by molar-refractivity contribution is 5.89. The summed E-state index contributed by atoms with van der Waals surface area (Å²) in [6.07, 6.45) is 0.986. The maximum atomic E-state index is 12.5. The average molecular weight is 396 g/mol. The molecule has 1 saturated heterocycles. The molecule has 0 saturated carbocycles. The van der Waals surface area contributed by atoms with E-state index in [1.165, 1.54) is 0 Å². The summed E-state index contributed by atoms with van der Waals surface area (Å²) in [7, 11) is 1.63. The fourth-order valence-corrected chi connectivity index (χ4v) is 3.64. The summed E-state index contributed by atoms with van der Waals surface area (Å²) in [5.41, 5.74) is 2.04. The van der Waals surface area contributed by atoms with Gasteiger partial charge in [-0.2, -0.15) is 0 Å². The van der Waals surface area contributed by atoms with E-state index in [1.807, 2.05) is 42.5 Å². The SMILES string of the molecule is COc1cccc(CCN2CC(C(=O)NCc3ccc4c(c3)OCO4)CC2=O)c1. The van der Waals surface area contributed by atoms with Crippen molar-refractivity contribution in [3.63, 3.8) is 0 Å². The van der Waals surface area contributed by atoms with Crippen molar-refractivity contribution in [1.29, 1.82) is 0 Å². The number of carbonyl (C=O) groups excluding carboxylic acids is 2. The number of ether oxygens (including phenoxy) is 3. The molecule has 4 rings (SSSR count). The molecule has 2 aromatic rings. The lowest BCUT2D eigenvalue weighted by Crippen LogP contribution is -2.33. The first-order valence-corrected chi connectivity index (χ1v) is 9.69. The predicted molar refractivity (Wildman–Crippen MR) is 106 cm³/mol. The number of likely N-dealkylation sites (tertiary alicyclic amines) is 1. The van der Waals surface area contributed by atoms with E-state index in [4.69, 9.17) is 14.2 Å². The van der Waals surface area contributed by atoms with Gasteiger partial charge in [0.25, 0.3) is 0 Å². The van der Waals surface area contributed by atoms with Crippen molar-refractivity contribution in [3.05, 3.63) is 53.6 Å². The summed E-state index contributed by atoms with van der Waals surface area (Å²) in [6.45, 7) is 1.67. The molecule has 1 N–H and O–H groups in total. The minimum atomic E-state index is -0.318. The number of nitrogens with zero attached hydrogens (tertiary/aromatic N) is 1. The van der Waals surface area contributed by atoms with Gasteiger partial charge in [0.15, 0.2) is 11.5 Å². The summed E-state index contributed by atoms with van der Waals surface area (Å²) >= 11 is 0. The molecule has 1 fully saturated rings. The summed E-state index contributed by atoms with van der Waals surface area (Å²) in [6, 6.07) is 13.4. The largest absolute Gasteiger partial charge is 0.497 e. The first kappa shape index (κ1) is 19.1. The van der Waals surface area contributed by atoms with Gasteiger partial charge in [-0.3, -0.25) is 9.59 Å². The van der Waals surface area contributed by atoms with Crippen LogP contribution in [0.3, 0.4) is 0 Å². The number of nitrogens with one attached hydrogen (secondary N) is 1. The van der Waals surface area contributed by atoms with Crippen molar-refractivity contribution in [2.24, 2.45) is 5.92 Å². The van der Waals surface area contributed by atoms with Crippen molar-refractivity contribution in [1.82, 2.24) is 10.2 Å². The number of fused-ring (bicyclic) bond motifs is 1. The Morgan fingerprint density at radius 1 is 1.17 bits per heavy atom. The molecule has 0 aromatic heterocycles. The van der Waals surface area contributed by atoms with Gasteiger partial charge in [0.1, 0.15) is 5.75 Å². The summed E-state index contributed by atoms with van der Waals surface area (Å²) in [5.74, 6) is 1.82. The molecule has 2 aliphatic heterocycles.